The van der Waals surface area contributed by atoms with Crippen molar-refractivity contribution in [3.8, 4) is 0 Å². The highest BCUT2D eigenvalue weighted by Crippen LogP contribution is 2.17. The van der Waals surface area contributed by atoms with Crippen LogP contribution in [0.1, 0.15) is 31.4 Å². The summed E-state index contributed by atoms with van der Waals surface area (Å²) in [5, 5.41) is 18.7. The first-order valence-corrected chi connectivity index (χ1v) is 13.1. The molecule has 0 aliphatic carbocycles. The van der Waals surface area contributed by atoms with E-state index in [0.29, 0.717) is 12.8 Å². The van der Waals surface area contributed by atoms with Crippen LogP contribution in [0, 0.1) is 0 Å². The van der Waals surface area contributed by atoms with E-state index in [4.69, 9.17) is 9.47 Å². The van der Waals surface area contributed by atoms with Crippen LogP contribution in [0.15, 0.2) is 72.3 Å². The fraction of sp³-hybridized carbons (Fsp3) is 0.407. The zero-order valence-electron chi connectivity index (χ0n) is 20.7. The summed E-state index contributed by atoms with van der Waals surface area (Å²) in [6.45, 7) is 3.83. The summed E-state index contributed by atoms with van der Waals surface area (Å²) in [6, 6.07) is 18.5. The number of hydrogen-bond acceptors (Lipinski definition) is 7. The maximum absolute atomic E-state index is 12.6. The number of nitrogens with one attached hydrogen (secondary N) is 2. The molecule has 9 heteroatoms. The first kappa shape index (κ1) is 27.4. The van der Waals surface area contributed by atoms with Gasteiger partial charge in [-0.2, -0.15) is 0 Å². The summed E-state index contributed by atoms with van der Waals surface area (Å²) in [4.78, 5) is 26.8. The molecule has 8 nitrogen and oxygen atoms in total. The van der Waals surface area contributed by atoms with Crippen molar-refractivity contribution in [2.45, 2.75) is 57.4 Å². The number of rotatable bonds is 12. The minimum Gasteiger partial charge on any atom is -0.446 e. The Kier molecular flexibility index (Phi) is 11.0. The molecular formula is C27H35N3O5S. The van der Waals surface area contributed by atoms with Crippen LogP contribution in [-0.2, 0) is 22.3 Å². The van der Waals surface area contributed by atoms with Crippen molar-refractivity contribution >= 4 is 23.9 Å². The number of benzene rings is 2. The standard InChI is InChI=1S/C27H35N3O5S/c1-20(2)28-27(33)35-23(15-21-9-5-3-6-10-21)17-25(31)24(16-22-11-7-4-8-12-22)29-26(32)34-18-30-13-14-36-19-30/h3-14,20,23-25,31H,15-19H2,1-2H3,(H,28,33)(H,29,32). The minimum atomic E-state index is -0.986. The summed E-state index contributed by atoms with van der Waals surface area (Å²) >= 11 is 1.62. The number of amides is 2. The molecule has 2 aromatic carbocycles. The van der Waals surface area contributed by atoms with Gasteiger partial charge in [0, 0.05) is 25.1 Å². The van der Waals surface area contributed by atoms with E-state index in [0.717, 1.165) is 17.0 Å². The van der Waals surface area contributed by atoms with Crippen LogP contribution in [0.5, 0.6) is 0 Å². The van der Waals surface area contributed by atoms with Crippen LogP contribution < -0.4 is 10.6 Å². The molecule has 2 aromatic rings. The van der Waals surface area contributed by atoms with E-state index < -0.39 is 30.4 Å². The quantitative estimate of drug-likeness (QED) is 0.390. The van der Waals surface area contributed by atoms with Gasteiger partial charge in [0.25, 0.3) is 0 Å². The molecule has 3 unspecified atom stereocenters. The molecule has 0 spiro atoms. The molecule has 0 aromatic heterocycles. The monoisotopic (exact) mass is 513 g/mol. The van der Waals surface area contributed by atoms with Crippen molar-refractivity contribution in [2.75, 3.05) is 12.6 Å². The first-order chi connectivity index (χ1) is 17.4. The van der Waals surface area contributed by atoms with Gasteiger partial charge in [-0.25, -0.2) is 9.59 Å². The van der Waals surface area contributed by atoms with Gasteiger partial charge in [0.2, 0.25) is 0 Å². The highest BCUT2D eigenvalue weighted by Gasteiger charge is 2.28. The maximum atomic E-state index is 12.6. The van der Waals surface area contributed by atoms with Gasteiger partial charge in [0.1, 0.15) is 6.10 Å². The lowest BCUT2D eigenvalue weighted by atomic mass is 9.95. The molecule has 36 heavy (non-hydrogen) atoms. The lowest BCUT2D eigenvalue weighted by molar-refractivity contribution is 0.0341. The number of nitrogens with zero attached hydrogens (tertiary/aromatic N) is 1. The minimum absolute atomic E-state index is 0.0779. The third-order valence-corrected chi connectivity index (χ3v) is 6.32. The van der Waals surface area contributed by atoms with Gasteiger partial charge in [-0.3, -0.25) is 0 Å². The van der Waals surface area contributed by atoms with E-state index in [1.165, 1.54) is 0 Å². The SMILES string of the molecule is CC(C)NC(=O)OC(Cc1ccccc1)CC(O)C(Cc1ccccc1)NC(=O)OCN1C=CSC1. The molecule has 3 N–H and O–H groups in total. The predicted octanol–water partition coefficient (Wildman–Crippen LogP) is 4.26. The number of carbonyl (C=O) groups excluding carboxylic acids is 2. The molecule has 3 rings (SSSR count). The Balaban J connectivity index is 1.68. The number of thioether (sulfide) groups is 1. The lowest BCUT2D eigenvalue weighted by Crippen LogP contribution is -2.47. The van der Waals surface area contributed by atoms with Gasteiger partial charge in [0.15, 0.2) is 6.73 Å². The number of alkyl carbamates (subject to hydrolysis) is 2. The smallest absolute Gasteiger partial charge is 0.409 e. The largest absolute Gasteiger partial charge is 0.446 e. The summed E-state index contributed by atoms with van der Waals surface area (Å²) in [5.74, 6) is 0.723. The van der Waals surface area contributed by atoms with Crippen LogP contribution in [-0.4, -0.2) is 59.1 Å². The van der Waals surface area contributed by atoms with Gasteiger partial charge in [0.05, 0.1) is 18.0 Å². The Hall–Kier alpha value is -3.17. The van der Waals surface area contributed by atoms with Gasteiger partial charge in [-0.1, -0.05) is 60.7 Å². The van der Waals surface area contributed by atoms with E-state index in [1.807, 2.05) is 91.0 Å². The Morgan fingerprint density at radius 2 is 1.61 bits per heavy atom. The molecule has 0 saturated carbocycles. The Morgan fingerprint density at radius 1 is 0.972 bits per heavy atom. The number of aliphatic hydroxyl groups is 1. The number of ether oxygens (including phenoxy) is 2. The topological polar surface area (TPSA) is 100 Å². The third-order valence-electron chi connectivity index (χ3n) is 5.53. The molecule has 1 aliphatic heterocycles. The molecule has 3 atom stereocenters. The second kappa shape index (κ2) is 14.4. The van der Waals surface area contributed by atoms with Gasteiger partial charge < -0.3 is 30.1 Å². The van der Waals surface area contributed by atoms with E-state index in [-0.39, 0.29) is 19.2 Å². The van der Waals surface area contributed by atoms with Crippen molar-refractivity contribution in [1.82, 2.24) is 15.5 Å². The predicted molar refractivity (Wildman–Crippen MR) is 141 cm³/mol. The lowest BCUT2D eigenvalue weighted by Gasteiger charge is -2.28. The Labute approximate surface area is 217 Å². The normalized spacial score (nSPS) is 15.3. The average Bonchev–Trinajstić information content (AvgIpc) is 3.37. The van der Waals surface area contributed by atoms with E-state index in [9.17, 15) is 14.7 Å². The van der Waals surface area contributed by atoms with Crippen molar-refractivity contribution in [3.63, 3.8) is 0 Å². The molecular weight excluding hydrogens is 478 g/mol. The fourth-order valence-corrected chi connectivity index (χ4v) is 4.48. The van der Waals surface area contributed by atoms with Crippen LogP contribution in [0.25, 0.3) is 0 Å². The Bertz CT molecular complexity index is 974. The number of hydrogen-bond donors (Lipinski definition) is 3. The first-order valence-electron chi connectivity index (χ1n) is 12.1. The van der Waals surface area contributed by atoms with Crippen LogP contribution in [0.4, 0.5) is 9.59 Å². The van der Waals surface area contributed by atoms with Crippen molar-refractivity contribution in [1.29, 1.82) is 0 Å². The third kappa shape index (κ3) is 9.83. The zero-order valence-corrected chi connectivity index (χ0v) is 21.5. The zero-order chi connectivity index (χ0) is 25.8. The van der Waals surface area contributed by atoms with Crippen molar-refractivity contribution < 1.29 is 24.2 Å². The van der Waals surface area contributed by atoms with Crippen LogP contribution in [0.2, 0.25) is 0 Å². The average molecular weight is 514 g/mol. The second-order valence-corrected chi connectivity index (χ2v) is 9.85. The van der Waals surface area contributed by atoms with Crippen molar-refractivity contribution in [3.05, 3.63) is 83.4 Å². The van der Waals surface area contributed by atoms with Crippen molar-refractivity contribution in [2.24, 2.45) is 0 Å². The number of carbonyl (C=O) groups is 2. The summed E-state index contributed by atoms with van der Waals surface area (Å²) in [5.41, 5.74) is 1.94. The molecule has 0 bridgehead atoms. The van der Waals surface area contributed by atoms with Gasteiger partial charge >= 0.3 is 12.2 Å². The van der Waals surface area contributed by atoms with E-state index in [2.05, 4.69) is 10.6 Å². The maximum Gasteiger partial charge on any atom is 0.409 e. The molecule has 2 amide bonds. The molecule has 1 heterocycles. The summed E-state index contributed by atoms with van der Waals surface area (Å²) < 4.78 is 11.0. The number of aliphatic hydroxyl groups excluding tert-OH is 1. The Morgan fingerprint density at radius 3 is 2.19 bits per heavy atom. The van der Waals surface area contributed by atoms with Crippen LogP contribution in [0.3, 0.4) is 0 Å². The second-order valence-electron chi connectivity index (χ2n) is 8.99. The summed E-state index contributed by atoms with van der Waals surface area (Å²) in [7, 11) is 0. The molecule has 0 fully saturated rings. The molecule has 0 saturated heterocycles. The van der Waals surface area contributed by atoms with Crippen LogP contribution >= 0.6 is 11.8 Å². The summed E-state index contributed by atoms with van der Waals surface area (Å²) in [6.07, 6.45) is 0.105. The fourth-order valence-electron chi connectivity index (χ4n) is 3.78. The highest BCUT2D eigenvalue weighted by molar-refractivity contribution is 8.02. The highest BCUT2D eigenvalue weighted by atomic mass is 32.2. The van der Waals surface area contributed by atoms with E-state index in [1.54, 1.807) is 11.8 Å². The molecule has 0 radical (unpaired) electrons. The van der Waals surface area contributed by atoms with Gasteiger partial charge in [-0.15, -0.1) is 11.8 Å². The molecule has 194 valence electrons. The van der Waals surface area contributed by atoms with Gasteiger partial charge in [-0.05, 0) is 36.8 Å². The van der Waals surface area contributed by atoms with E-state index >= 15 is 0 Å². The molecule has 1 aliphatic rings.